The van der Waals surface area contributed by atoms with Crippen LogP contribution in [0.25, 0.3) is 0 Å². The van der Waals surface area contributed by atoms with Gasteiger partial charge in [0.15, 0.2) is 0 Å². The monoisotopic (exact) mass is 315 g/mol. The molecule has 1 aliphatic carbocycles. The molecule has 1 heterocycles. The Hall–Kier alpha value is 0.440. The number of hydrogen-bond acceptors (Lipinski definition) is 1. The van der Waals surface area contributed by atoms with Gasteiger partial charge in [-0.3, -0.25) is 0 Å². The zero-order valence-electron chi connectivity index (χ0n) is 12.3. The molecule has 1 nitrogen and oxygen atoms in total. The summed E-state index contributed by atoms with van der Waals surface area (Å²) in [6, 6.07) is 0. The third kappa shape index (κ3) is 3.72. The van der Waals surface area contributed by atoms with E-state index < -0.39 is 0 Å². The maximum absolute atomic E-state index is 3.83. The van der Waals surface area contributed by atoms with Gasteiger partial charge < -0.3 is 4.90 Å². The maximum atomic E-state index is 3.83. The first-order valence-corrected chi connectivity index (χ1v) is 9.06. The highest BCUT2D eigenvalue weighted by molar-refractivity contribution is 9.09. The molecule has 0 aromatic rings. The van der Waals surface area contributed by atoms with E-state index in [1.54, 1.807) is 0 Å². The van der Waals surface area contributed by atoms with Gasteiger partial charge in [0.05, 0.1) is 0 Å². The van der Waals surface area contributed by atoms with Crippen molar-refractivity contribution in [2.75, 3.05) is 25.0 Å². The lowest BCUT2D eigenvalue weighted by atomic mass is 9.82. The number of halogens is 1. The van der Waals surface area contributed by atoms with Crippen LogP contribution >= 0.6 is 15.9 Å². The fourth-order valence-corrected chi connectivity index (χ4v) is 4.58. The Bertz CT molecular complexity index is 243. The van der Waals surface area contributed by atoms with Gasteiger partial charge in [-0.25, -0.2) is 0 Å². The van der Waals surface area contributed by atoms with E-state index in [0.717, 1.165) is 11.8 Å². The Morgan fingerprint density at radius 1 is 1.17 bits per heavy atom. The minimum atomic E-state index is 0.586. The second kappa shape index (κ2) is 6.74. The molecule has 1 saturated heterocycles. The number of alkyl halides is 1. The summed E-state index contributed by atoms with van der Waals surface area (Å²) in [5.74, 6) is 1.81. The van der Waals surface area contributed by atoms with Crippen LogP contribution in [-0.4, -0.2) is 29.9 Å². The molecule has 2 aliphatic rings. The van der Waals surface area contributed by atoms with Gasteiger partial charge in [0, 0.05) is 18.4 Å². The fourth-order valence-electron chi connectivity index (χ4n) is 3.84. The van der Waals surface area contributed by atoms with Crippen molar-refractivity contribution < 1.29 is 0 Å². The Balaban J connectivity index is 1.90. The smallest absolute Gasteiger partial charge is 0.0100 e. The van der Waals surface area contributed by atoms with Gasteiger partial charge in [0.2, 0.25) is 0 Å². The SMILES string of the molecule is CC(C)C1CCN(CC2(CBr)CCCCCC2)C1. The molecule has 106 valence electrons. The van der Waals surface area contributed by atoms with Crippen molar-refractivity contribution in [2.45, 2.75) is 58.8 Å². The lowest BCUT2D eigenvalue weighted by Gasteiger charge is -2.35. The molecule has 2 fully saturated rings. The molecule has 0 spiro atoms. The Labute approximate surface area is 122 Å². The van der Waals surface area contributed by atoms with E-state index in [-0.39, 0.29) is 0 Å². The Morgan fingerprint density at radius 3 is 2.33 bits per heavy atom. The summed E-state index contributed by atoms with van der Waals surface area (Å²) >= 11 is 3.83. The fraction of sp³-hybridized carbons (Fsp3) is 1.00. The van der Waals surface area contributed by atoms with Crippen LogP contribution < -0.4 is 0 Å². The van der Waals surface area contributed by atoms with Crippen LogP contribution in [0.15, 0.2) is 0 Å². The minimum Gasteiger partial charge on any atom is -0.302 e. The van der Waals surface area contributed by atoms with Gasteiger partial charge in [0.1, 0.15) is 0 Å². The van der Waals surface area contributed by atoms with Crippen molar-refractivity contribution in [1.82, 2.24) is 4.90 Å². The number of likely N-dealkylation sites (tertiary alicyclic amines) is 1. The van der Waals surface area contributed by atoms with E-state index in [9.17, 15) is 0 Å². The first-order chi connectivity index (χ1) is 8.65. The molecule has 0 radical (unpaired) electrons. The quantitative estimate of drug-likeness (QED) is 0.537. The van der Waals surface area contributed by atoms with Gasteiger partial charge >= 0.3 is 0 Å². The first kappa shape index (κ1) is 14.8. The third-order valence-electron chi connectivity index (χ3n) is 5.26. The van der Waals surface area contributed by atoms with Crippen LogP contribution in [0.2, 0.25) is 0 Å². The van der Waals surface area contributed by atoms with E-state index in [4.69, 9.17) is 0 Å². The van der Waals surface area contributed by atoms with Crippen molar-refractivity contribution in [3.8, 4) is 0 Å². The van der Waals surface area contributed by atoms with Crippen molar-refractivity contribution >= 4 is 15.9 Å². The topological polar surface area (TPSA) is 3.24 Å². The second-order valence-corrected chi connectivity index (χ2v) is 7.64. The zero-order chi connectivity index (χ0) is 13.0. The zero-order valence-corrected chi connectivity index (χ0v) is 13.8. The van der Waals surface area contributed by atoms with E-state index in [0.29, 0.717) is 5.41 Å². The molecule has 1 atom stereocenters. The highest BCUT2D eigenvalue weighted by Crippen LogP contribution is 2.38. The molecule has 1 aliphatic heterocycles. The molecule has 0 N–H and O–H groups in total. The minimum absolute atomic E-state index is 0.586. The van der Waals surface area contributed by atoms with Gasteiger partial charge in [-0.05, 0) is 43.1 Å². The predicted molar refractivity (Wildman–Crippen MR) is 83.3 cm³/mol. The van der Waals surface area contributed by atoms with Crippen molar-refractivity contribution in [3.05, 3.63) is 0 Å². The molecular weight excluding hydrogens is 286 g/mol. The summed E-state index contributed by atoms with van der Waals surface area (Å²) in [5, 5.41) is 1.21. The van der Waals surface area contributed by atoms with Crippen LogP contribution in [0, 0.1) is 17.3 Å². The highest BCUT2D eigenvalue weighted by atomic mass is 79.9. The second-order valence-electron chi connectivity index (χ2n) is 7.08. The summed E-state index contributed by atoms with van der Waals surface area (Å²) in [6.45, 7) is 8.83. The van der Waals surface area contributed by atoms with E-state index in [2.05, 4.69) is 34.7 Å². The summed E-state index contributed by atoms with van der Waals surface area (Å²) in [5.41, 5.74) is 0.586. The molecule has 0 aromatic carbocycles. The van der Waals surface area contributed by atoms with Crippen LogP contribution in [-0.2, 0) is 0 Å². The van der Waals surface area contributed by atoms with E-state index in [1.807, 2.05) is 0 Å². The molecule has 0 amide bonds. The van der Waals surface area contributed by atoms with Crippen molar-refractivity contribution in [2.24, 2.45) is 17.3 Å². The van der Waals surface area contributed by atoms with Gasteiger partial charge in [0.25, 0.3) is 0 Å². The summed E-state index contributed by atoms with van der Waals surface area (Å²) in [6.07, 6.45) is 10.1. The summed E-state index contributed by atoms with van der Waals surface area (Å²) in [7, 11) is 0. The molecular formula is C16H30BrN. The third-order valence-corrected chi connectivity index (χ3v) is 6.45. The molecule has 0 aromatic heterocycles. The molecule has 1 unspecified atom stereocenters. The Morgan fingerprint density at radius 2 is 1.83 bits per heavy atom. The number of nitrogens with zero attached hydrogens (tertiary/aromatic N) is 1. The van der Waals surface area contributed by atoms with Crippen molar-refractivity contribution in [3.63, 3.8) is 0 Å². The summed E-state index contributed by atoms with van der Waals surface area (Å²) < 4.78 is 0. The molecule has 18 heavy (non-hydrogen) atoms. The average Bonchev–Trinajstić information content (AvgIpc) is 2.69. The van der Waals surface area contributed by atoms with Crippen LogP contribution in [0.3, 0.4) is 0 Å². The standard InChI is InChI=1S/C16H30BrN/c1-14(2)15-7-10-18(11-15)13-16(12-17)8-5-3-4-6-9-16/h14-15H,3-13H2,1-2H3. The molecule has 2 rings (SSSR count). The van der Waals surface area contributed by atoms with Gasteiger partial charge in [-0.15, -0.1) is 0 Å². The average molecular weight is 316 g/mol. The lowest BCUT2D eigenvalue weighted by Crippen LogP contribution is -2.38. The Kier molecular flexibility index (Phi) is 5.56. The van der Waals surface area contributed by atoms with E-state index in [1.165, 1.54) is 69.9 Å². The van der Waals surface area contributed by atoms with Crippen molar-refractivity contribution in [1.29, 1.82) is 0 Å². The molecule has 2 heteroatoms. The van der Waals surface area contributed by atoms with Crippen LogP contribution in [0.1, 0.15) is 58.8 Å². The predicted octanol–water partition coefficient (Wildman–Crippen LogP) is 4.70. The van der Waals surface area contributed by atoms with Crippen LogP contribution in [0.5, 0.6) is 0 Å². The van der Waals surface area contributed by atoms with Gasteiger partial charge in [-0.2, -0.15) is 0 Å². The molecule has 0 bridgehead atoms. The summed E-state index contributed by atoms with van der Waals surface area (Å²) in [4.78, 5) is 2.76. The van der Waals surface area contributed by atoms with Crippen LogP contribution in [0.4, 0.5) is 0 Å². The lowest BCUT2D eigenvalue weighted by molar-refractivity contribution is 0.168. The van der Waals surface area contributed by atoms with Gasteiger partial charge in [-0.1, -0.05) is 55.5 Å². The first-order valence-electron chi connectivity index (χ1n) is 7.93. The maximum Gasteiger partial charge on any atom is 0.0100 e. The number of hydrogen-bond donors (Lipinski definition) is 0. The van der Waals surface area contributed by atoms with E-state index >= 15 is 0 Å². The largest absolute Gasteiger partial charge is 0.302 e. The molecule has 1 saturated carbocycles. The normalized spacial score (nSPS) is 29.7. The number of rotatable bonds is 4. The highest BCUT2D eigenvalue weighted by Gasteiger charge is 2.34.